The summed E-state index contributed by atoms with van der Waals surface area (Å²) in [6, 6.07) is 0. The molecule has 0 heterocycles. The molecule has 0 saturated carbocycles. The molecule has 0 fully saturated rings. The van der Waals surface area contributed by atoms with Crippen LogP contribution in [0.15, 0.2) is 5.10 Å². The van der Waals surface area contributed by atoms with Gasteiger partial charge in [0.15, 0.2) is 0 Å². The lowest BCUT2D eigenvalue weighted by Crippen LogP contribution is -1.99. The first-order valence-corrected chi connectivity index (χ1v) is 7.05. The van der Waals surface area contributed by atoms with Gasteiger partial charge >= 0.3 is 0 Å². The molecule has 15 heavy (non-hydrogen) atoms. The topological polar surface area (TPSA) is 38.4 Å². The fourth-order valence-electron chi connectivity index (χ4n) is 1.35. The maximum Gasteiger partial charge on any atom is 0.0540 e. The number of hydrazone groups is 1. The molecule has 2 nitrogen and oxygen atoms in total. The van der Waals surface area contributed by atoms with Gasteiger partial charge in [0.05, 0.1) is 6.21 Å². The van der Waals surface area contributed by atoms with Gasteiger partial charge in [-0.05, 0) is 36.6 Å². The molecule has 0 aliphatic carbocycles. The third-order valence-electron chi connectivity index (χ3n) is 2.26. The van der Waals surface area contributed by atoms with Crippen LogP contribution >= 0.6 is 8.20 Å². The molecule has 0 aromatic heterocycles. The zero-order valence-corrected chi connectivity index (χ0v) is 11.3. The lowest BCUT2D eigenvalue weighted by atomic mass is 10.1. The van der Waals surface area contributed by atoms with Crippen LogP contribution in [-0.4, -0.2) is 17.7 Å². The van der Waals surface area contributed by atoms with E-state index in [1.165, 1.54) is 45.3 Å². The van der Waals surface area contributed by atoms with E-state index in [1.54, 1.807) is 0 Å². The zero-order valence-electron chi connectivity index (χ0n) is 10.4. The Morgan fingerprint density at radius 2 is 2.13 bits per heavy atom. The molecular weight excluding hydrogens is 203 g/mol. The largest absolute Gasteiger partial charge is 0.323 e. The Morgan fingerprint density at radius 3 is 2.67 bits per heavy atom. The van der Waals surface area contributed by atoms with E-state index in [0.29, 0.717) is 0 Å². The first-order valence-electron chi connectivity index (χ1n) is 5.97. The second-order valence-corrected chi connectivity index (χ2v) is 5.63. The van der Waals surface area contributed by atoms with Crippen molar-refractivity contribution < 1.29 is 0 Å². The molecule has 2 N–H and O–H groups in total. The van der Waals surface area contributed by atoms with Gasteiger partial charge in [-0.25, -0.2) is 0 Å². The van der Waals surface area contributed by atoms with Crippen LogP contribution in [0.25, 0.3) is 0 Å². The molecule has 0 aromatic carbocycles. The first-order chi connectivity index (χ1) is 7.20. The summed E-state index contributed by atoms with van der Waals surface area (Å²) in [5, 5.41) is 5.03. The first kappa shape index (κ1) is 14.6. The summed E-state index contributed by atoms with van der Waals surface area (Å²) in [7, 11) is 1.42. The third-order valence-corrected chi connectivity index (χ3v) is 3.55. The number of hydrogen-bond acceptors (Lipinski definition) is 2. The molecular formula is C12H25N2P. The molecule has 0 rings (SSSR count). The van der Waals surface area contributed by atoms with E-state index < -0.39 is 0 Å². The molecule has 0 aliphatic rings. The van der Waals surface area contributed by atoms with Crippen LogP contribution in [0.4, 0.5) is 0 Å². The Labute approximate surface area is 96.1 Å². The van der Waals surface area contributed by atoms with E-state index >= 15 is 0 Å². The Hall–Kier alpha value is -0.360. The summed E-state index contributed by atoms with van der Waals surface area (Å²) in [4.78, 5) is 0. The number of rotatable bonds is 8. The van der Waals surface area contributed by atoms with Crippen molar-refractivity contribution in [3.8, 4) is 0 Å². The summed E-state index contributed by atoms with van der Waals surface area (Å²) in [5.74, 6) is 6.02. The van der Waals surface area contributed by atoms with Crippen LogP contribution in [0.1, 0.15) is 52.9 Å². The number of hydrogen-bond donors (Lipinski definition) is 1. The van der Waals surface area contributed by atoms with Crippen molar-refractivity contribution >= 4 is 19.7 Å². The van der Waals surface area contributed by atoms with Crippen LogP contribution in [0.5, 0.6) is 0 Å². The monoisotopic (exact) mass is 228 g/mol. The summed E-state index contributed by atoms with van der Waals surface area (Å²) in [6.45, 7) is 6.77. The van der Waals surface area contributed by atoms with Crippen LogP contribution in [0.2, 0.25) is 0 Å². The van der Waals surface area contributed by atoms with E-state index in [0.717, 1.165) is 12.3 Å². The van der Waals surface area contributed by atoms with E-state index in [9.17, 15) is 0 Å². The van der Waals surface area contributed by atoms with Crippen molar-refractivity contribution in [2.45, 2.75) is 52.9 Å². The van der Waals surface area contributed by atoms with Crippen molar-refractivity contribution in [3.63, 3.8) is 0 Å². The molecule has 3 heteroatoms. The minimum absolute atomic E-state index is 0.822. The lowest BCUT2D eigenvalue weighted by molar-refractivity contribution is 0.579. The molecule has 0 aromatic rings. The van der Waals surface area contributed by atoms with Crippen molar-refractivity contribution in [1.29, 1.82) is 0 Å². The Kier molecular flexibility index (Phi) is 9.92. The molecule has 0 aliphatic heterocycles. The molecule has 0 bridgehead atoms. The van der Waals surface area contributed by atoms with Gasteiger partial charge in [0.1, 0.15) is 0 Å². The summed E-state index contributed by atoms with van der Waals surface area (Å²) < 4.78 is 0. The highest BCUT2D eigenvalue weighted by Gasteiger charge is 1.96. The van der Waals surface area contributed by atoms with Crippen LogP contribution in [-0.2, 0) is 0 Å². The smallest absolute Gasteiger partial charge is 0.0540 e. The second-order valence-electron chi connectivity index (χ2n) is 4.29. The Morgan fingerprint density at radius 1 is 1.40 bits per heavy atom. The molecule has 0 spiro atoms. The predicted molar refractivity (Wildman–Crippen MR) is 73.1 cm³/mol. The quantitative estimate of drug-likeness (QED) is 0.222. The highest BCUT2D eigenvalue weighted by Crippen LogP contribution is 2.11. The van der Waals surface area contributed by atoms with E-state index in [4.69, 9.17) is 5.84 Å². The average Bonchev–Trinajstić information content (AvgIpc) is 2.20. The van der Waals surface area contributed by atoms with Gasteiger partial charge in [-0.3, -0.25) is 0 Å². The Balaban J connectivity index is 3.83. The highest BCUT2D eigenvalue weighted by molar-refractivity contribution is 7.43. The van der Waals surface area contributed by atoms with Gasteiger partial charge in [0, 0.05) is 0 Å². The molecule has 0 amide bonds. The summed E-state index contributed by atoms with van der Waals surface area (Å²) >= 11 is 0. The fourth-order valence-corrected chi connectivity index (χ4v) is 2.44. The minimum atomic E-state index is 0.822. The molecule has 0 radical (unpaired) electrons. The van der Waals surface area contributed by atoms with E-state index in [-0.39, 0.29) is 0 Å². The molecule has 0 saturated heterocycles. The van der Waals surface area contributed by atoms with Crippen LogP contribution < -0.4 is 5.84 Å². The average molecular weight is 228 g/mol. The zero-order chi connectivity index (χ0) is 11.5. The van der Waals surface area contributed by atoms with Crippen molar-refractivity contribution in [2.24, 2.45) is 16.9 Å². The Bertz CT molecular complexity index is 198. The van der Waals surface area contributed by atoms with Crippen molar-refractivity contribution in [3.05, 3.63) is 0 Å². The molecule has 0 unspecified atom stereocenters. The van der Waals surface area contributed by atoms with Gasteiger partial charge in [-0.15, -0.1) is 0 Å². The summed E-state index contributed by atoms with van der Waals surface area (Å²) in [5.41, 5.74) is 0. The van der Waals surface area contributed by atoms with Gasteiger partial charge in [-0.2, -0.15) is 5.10 Å². The lowest BCUT2D eigenvalue weighted by Gasteiger charge is -2.02. The SMILES string of the molecule is CCCCC(C=NN)=PCCCC(C)C. The summed E-state index contributed by atoms with van der Waals surface area (Å²) in [6.07, 6.45) is 9.37. The van der Waals surface area contributed by atoms with Gasteiger partial charge < -0.3 is 5.84 Å². The maximum absolute atomic E-state index is 5.20. The van der Waals surface area contributed by atoms with E-state index in [1.807, 2.05) is 6.21 Å². The highest BCUT2D eigenvalue weighted by atomic mass is 31.1. The normalized spacial score (nSPS) is 12.9. The third kappa shape index (κ3) is 9.93. The number of nitrogens with two attached hydrogens (primary N) is 1. The number of unbranched alkanes of at least 4 members (excludes halogenated alkanes) is 1. The van der Waals surface area contributed by atoms with Gasteiger partial charge in [-0.1, -0.05) is 41.8 Å². The van der Waals surface area contributed by atoms with Crippen molar-refractivity contribution in [2.75, 3.05) is 6.16 Å². The second kappa shape index (κ2) is 10.2. The van der Waals surface area contributed by atoms with Crippen LogP contribution in [0, 0.1) is 5.92 Å². The maximum atomic E-state index is 5.20. The molecule has 88 valence electrons. The van der Waals surface area contributed by atoms with Crippen LogP contribution in [0.3, 0.4) is 0 Å². The van der Waals surface area contributed by atoms with E-state index in [2.05, 4.69) is 25.9 Å². The van der Waals surface area contributed by atoms with Gasteiger partial charge in [0.25, 0.3) is 0 Å². The predicted octanol–water partition coefficient (Wildman–Crippen LogP) is 3.68. The number of nitrogens with zero attached hydrogens (tertiary/aromatic N) is 1. The van der Waals surface area contributed by atoms with Gasteiger partial charge in [0.2, 0.25) is 0 Å². The minimum Gasteiger partial charge on any atom is -0.323 e. The fraction of sp³-hybridized carbons (Fsp3) is 0.833. The standard InChI is InChI=1S/C12H25N2P/c1-4-5-8-12(10-14-13)15-9-6-7-11(2)3/h10-11H,4-9,13H2,1-3H3. The molecule has 0 atom stereocenters. The van der Waals surface area contributed by atoms with Crippen molar-refractivity contribution in [1.82, 2.24) is 0 Å².